The molecule has 1 N–H and O–H groups in total. The number of aryl methyl sites for hydroxylation is 1. The van der Waals surface area contributed by atoms with Crippen LogP contribution < -0.4 is 10.1 Å². The minimum Gasteiger partial charge on any atom is -0.494 e. The molecule has 1 rings (SSSR count). The summed E-state index contributed by atoms with van der Waals surface area (Å²) in [7, 11) is 1.97. The first kappa shape index (κ1) is 11.1. The molecule has 0 bridgehead atoms. The molecule has 0 aliphatic heterocycles. The van der Waals surface area contributed by atoms with E-state index < -0.39 is 0 Å². The number of nitrogens with one attached hydrogen (secondary N) is 1. The lowest BCUT2D eigenvalue weighted by atomic mass is 10.1. The van der Waals surface area contributed by atoms with Gasteiger partial charge in [0.1, 0.15) is 5.75 Å². The van der Waals surface area contributed by atoms with E-state index in [0.29, 0.717) is 6.04 Å². The number of rotatable bonds is 4. The topological polar surface area (TPSA) is 21.3 Å². The van der Waals surface area contributed by atoms with E-state index >= 15 is 0 Å². The highest BCUT2D eigenvalue weighted by molar-refractivity contribution is 5.37. The van der Waals surface area contributed by atoms with Crippen molar-refractivity contribution in [3.05, 3.63) is 29.3 Å². The number of ether oxygens (including phenoxy) is 1. The van der Waals surface area contributed by atoms with E-state index in [-0.39, 0.29) is 0 Å². The second-order valence-corrected chi connectivity index (χ2v) is 3.47. The molecule has 0 saturated heterocycles. The van der Waals surface area contributed by atoms with Crippen LogP contribution in [-0.2, 0) is 0 Å². The maximum Gasteiger partial charge on any atom is 0.122 e. The molecule has 1 aromatic rings. The third-order valence-corrected chi connectivity index (χ3v) is 2.43. The Bertz CT molecular complexity index is 296. The first-order valence-electron chi connectivity index (χ1n) is 5.09. The van der Waals surface area contributed by atoms with Gasteiger partial charge >= 0.3 is 0 Å². The fourth-order valence-electron chi connectivity index (χ4n) is 1.43. The Morgan fingerprint density at radius 3 is 2.64 bits per heavy atom. The Kier molecular flexibility index (Phi) is 3.96. The van der Waals surface area contributed by atoms with Gasteiger partial charge in [0, 0.05) is 6.04 Å². The summed E-state index contributed by atoms with van der Waals surface area (Å²) in [4.78, 5) is 0. The Morgan fingerprint density at radius 2 is 2.14 bits per heavy atom. The summed E-state index contributed by atoms with van der Waals surface area (Å²) in [5.41, 5.74) is 2.50. The molecule has 0 aromatic heterocycles. The van der Waals surface area contributed by atoms with E-state index in [1.807, 2.05) is 20.0 Å². The van der Waals surface area contributed by atoms with Crippen LogP contribution in [0, 0.1) is 6.92 Å². The van der Waals surface area contributed by atoms with E-state index in [1.54, 1.807) is 0 Å². The average Bonchev–Trinajstić information content (AvgIpc) is 2.20. The molecule has 14 heavy (non-hydrogen) atoms. The number of benzene rings is 1. The highest BCUT2D eigenvalue weighted by Gasteiger charge is 2.05. The van der Waals surface area contributed by atoms with E-state index in [1.165, 1.54) is 11.1 Å². The molecule has 0 radical (unpaired) electrons. The van der Waals surface area contributed by atoms with Crippen LogP contribution in [0.25, 0.3) is 0 Å². The monoisotopic (exact) mass is 193 g/mol. The summed E-state index contributed by atoms with van der Waals surface area (Å²) < 4.78 is 5.48. The smallest absolute Gasteiger partial charge is 0.122 e. The van der Waals surface area contributed by atoms with Crippen molar-refractivity contribution in [3.8, 4) is 5.75 Å². The standard InChI is InChI=1S/C12H19NO/c1-5-14-12-7-6-11(8-9(12)2)10(3)13-4/h6-8,10,13H,5H2,1-4H3. The molecule has 2 heteroatoms. The van der Waals surface area contributed by atoms with Gasteiger partial charge in [-0.05, 0) is 45.0 Å². The zero-order chi connectivity index (χ0) is 10.6. The quantitative estimate of drug-likeness (QED) is 0.793. The highest BCUT2D eigenvalue weighted by Crippen LogP contribution is 2.22. The number of hydrogen-bond acceptors (Lipinski definition) is 2. The van der Waals surface area contributed by atoms with Gasteiger partial charge < -0.3 is 10.1 Å². The van der Waals surface area contributed by atoms with Crippen LogP contribution in [0.1, 0.15) is 31.0 Å². The van der Waals surface area contributed by atoms with Gasteiger partial charge in [-0.2, -0.15) is 0 Å². The molecule has 0 saturated carbocycles. The number of hydrogen-bond donors (Lipinski definition) is 1. The third-order valence-electron chi connectivity index (χ3n) is 2.43. The van der Waals surface area contributed by atoms with Crippen LogP contribution in [0.3, 0.4) is 0 Å². The van der Waals surface area contributed by atoms with Crippen molar-refractivity contribution in [2.24, 2.45) is 0 Å². The summed E-state index contributed by atoms with van der Waals surface area (Å²) in [5, 5.41) is 3.22. The van der Waals surface area contributed by atoms with Crippen LogP contribution in [0.2, 0.25) is 0 Å². The highest BCUT2D eigenvalue weighted by atomic mass is 16.5. The fourth-order valence-corrected chi connectivity index (χ4v) is 1.43. The SMILES string of the molecule is CCOc1ccc(C(C)NC)cc1C. The Hall–Kier alpha value is -1.02. The van der Waals surface area contributed by atoms with Crippen molar-refractivity contribution in [1.82, 2.24) is 5.32 Å². The molecule has 0 aliphatic carbocycles. The maximum absolute atomic E-state index is 5.48. The lowest BCUT2D eigenvalue weighted by Crippen LogP contribution is -2.12. The predicted molar refractivity (Wildman–Crippen MR) is 59.8 cm³/mol. The van der Waals surface area contributed by atoms with Crippen molar-refractivity contribution in [1.29, 1.82) is 0 Å². The first-order valence-corrected chi connectivity index (χ1v) is 5.09. The van der Waals surface area contributed by atoms with Crippen LogP contribution in [0.5, 0.6) is 5.75 Å². The van der Waals surface area contributed by atoms with Gasteiger partial charge in [-0.15, -0.1) is 0 Å². The summed E-state index contributed by atoms with van der Waals surface area (Å²) in [5.74, 6) is 0.986. The summed E-state index contributed by atoms with van der Waals surface area (Å²) in [6.45, 7) is 6.96. The van der Waals surface area contributed by atoms with Gasteiger partial charge in [0.25, 0.3) is 0 Å². The minimum absolute atomic E-state index is 0.393. The molecule has 1 aromatic carbocycles. The van der Waals surface area contributed by atoms with Crippen LogP contribution in [0.4, 0.5) is 0 Å². The van der Waals surface area contributed by atoms with Crippen molar-refractivity contribution < 1.29 is 4.74 Å². The molecule has 0 fully saturated rings. The molecular weight excluding hydrogens is 174 g/mol. The lowest BCUT2D eigenvalue weighted by Gasteiger charge is -2.13. The second kappa shape index (κ2) is 5.01. The van der Waals surface area contributed by atoms with Crippen molar-refractivity contribution in [2.45, 2.75) is 26.8 Å². The van der Waals surface area contributed by atoms with E-state index in [2.05, 4.69) is 31.3 Å². The molecule has 2 nitrogen and oxygen atoms in total. The van der Waals surface area contributed by atoms with Crippen LogP contribution in [0.15, 0.2) is 18.2 Å². The minimum atomic E-state index is 0.393. The molecule has 0 heterocycles. The van der Waals surface area contributed by atoms with E-state index in [9.17, 15) is 0 Å². The van der Waals surface area contributed by atoms with E-state index in [0.717, 1.165) is 12.4 Å². The Morgan fingerprint density at radius 1 is 1.43 bits per heavy atom. The fraction of sp³-hybridized carbons (Fsp3) is 0.500. The largest absolute Gasteiger partial charge is 0.494 e. The predicted octanol–water partition coefficient (Wildman–Crippen LogP) is 2.67. The summed E-state index contributed by atoms with van der Waals surface area (Å²) in [6.07, 6.45) is 0. The molecule has 0 spiro atoms. The Labute approximate surface area is 86.3 Å². The average molecular weight is 193 g/mol. The van der Waals surface area contributed by atoms with Gasteiger partial charge in [0.2, 0.25) is 0 Å². The first-order chi connectivity index (χ1) is 6.69. The third kappa shape index (κ3) is 2.48. The van der Waals surface area contributed by atoms with Crippen LogP contribution >= 0.6 is 0 Å². The van der Waals surface area contributed by atoms with Gasteiger partial charge in [0.05, 0.1) is 6.61 Å². The molecule has 78 valence electrons. The lowest BCUT2D eigenvalue weighted by molar-refractivity contribution is 0.337. The Balaban J connectivity index is 2.88. The van der Waals surface area contributed by atoms with E-state index in [4.69, 9.17) is 4.74 Å². The summed E-state index contributed by atoms with van der Waals surface area (Å²) in [6, 6.07) is 6.72. The van der Waals surface area contributed by atoms with Gasteiger partial charge in [-0.1, -0.05) is 12.1 Å². The molecule has 0 aliphatic rings. The van der Waals surface area contributed by atoms with Gasteiger partial charge in [-0.25, -0.2) is 0 Å². The molecule has 1 unspecified atom stereocenters. The zero-order valence-electron chi connectivity index (χ0n) is 9.42. The normalized spacial score (nSPS) is 12.6. The maximum atomic E-state index is 5.48. The van der Waals surface area contributed by atoms with Crippen molar-refractivity contribution in [2.75, 3.05) is 13.7 Å². The zero-order valence-corrected chi connectivity index (χ0v) is 9.42. The van der Waals surface area contributed by atoms with Crippen molar-refractivity contribution in [3.63, 3.8) is 0 Å². The van der Waals surface area contributed by atoms with Gasteiger partial charge in [0.15, 0.2) is 0 Å². The molecule has 1 atom stereocenters. The van der Waals surface area contributed by atoms with Gasteiger partial charge in [-0.3, -0.25) is 0 Å². The van der Waals surface area contributed by atoms with Crippen molar-refractivity contribution >= 4 is 0 Å². The van der Waals surface area contributed by atoms with Crippen LogP contribution in [-0.4, -0.2) is 13.7 Å². The molecule has 0 amide bonds. The molecular formula is C12H19NO. The summed E-state index contributed by atoms with van der Waals surface area (Å²) >= 11 is 0. The second-order valence-electron chi connectivity index (χ2n) is 3.47.